The molecular formula is C16H15Cl2NO2. The zero-order valence-corrected chi connectivity index (χ0v) is 13.2. The van der Waals surface area contributed by atoms with E-state index in [9.17, 15) is 4.79 Å². The van der Waals surface area contributed by atoms with Gasteiger partial charge in [-0.15, -0.1) is 0 Å². The van der Waals surface area contributed by atoms with Gasteiger partial charge in [-0.25, -0.2) is 0 Å². The van der Waals surface area contributed by atoms with Crippen LogP contribution in [0.2, 0.25) is 10.0 Å². The fourth-order valence-electron chi connectivity index (χ4n) is 1.69. The van der Waals surface area contributed by atoms with Crippen molar-refractivity contribution in [2.24, 2.45) is 0 Å². The second kappa shape index (κ2) is 6.83. The molecule has 5 heteroatoms. The van der Waals surface area contributed by atoms with Gasteiger partial charge in [-0.1, -0.05) is 29.3 Å². The van der Waals surface area contributed by atoms with Crippen molar-refractivity contribution in [3.63, 3.8) is 0 Å². The standard InChI is InChI=1S/C16H15Cl2NO2/c1-10-3-6-13(9-15(10)18)19-16(20)11(2)21-14-7-4-12(17)5-8-14/h3-9,11H,1-2H3,(H,19,20). The fraction of sp³-hybridized carbons (Fsp3) is 0.188. The SMILES string of the molecule is Cc1ccc(NC(=O)C(C)Oc2ccc(Cl)cc2)cc1Cl. The maximum Gasteiger partial charge on any atom is 0.265 e. The summed E-state index contributed by atoms with van der Waals surface area (Å²) >= 11 is 11.8. The molecule has 1 amide bonds. The molecule has 21 heavy (non-hydrogen) atoms. The van der Waals surface area contributed by atoms with E-state index in [1.54, 1.807) is 43.3 Å². The predicted molar refractivity (Wildman–Crippen MR) is 86.4 cm³/mol. The maximum atomic E-state index is 12.1. The number of carbonyl (C=O) groups excluding carboxylic acids is 1. The molecule has 0 spiro atoms. The number of nitrogens with one attached hydrogen (secondary N) is 1. The molecule has 3 nitrogen and oxygen atoms in total. The van der Waals surface area contributed by atoms with Crippen molar-refractivity contribution in [1.82, 2.24) is 0 Å². The summed E-state index contributed by atoms with van der Waals surface area (Å²) in [6.45, 7) is 3.58. The Morgan fingerprint density at radius 1 is 1.14 bits per heavy atom. The van der Waals surface area contributed by atoms with Crippen LogP contribution >= 0.6 is 23.2 Å². The molecule has 0 aromatic heterocycles. The van der Waals surface area contributed by atoms with Gasteiger partial charge in [0.15, 0.2) is 6.10 Å². The van der Waals surface area contributed by atoms with Crippen molar-refractivity contribution < 1.29 is 9.53 Å². The van der Waals surface area contributed by atoms with Crippen LogP contribution in [0.25, 0.3) is 0 Å². The van der Waals surface area contributed by atoms with Crippen molar-refractivity contribution in [3.8, 4) is 5.75 Å². The Kier molecular flexibility index (Phi) is 5.10. The van der Waals surface area contributed by atoms with E-state index in [1.807, 2.05) is 13.0 Å². The van der Waals surface area contributed by atoms with E-state index in [2.05, 4.69) is 5.32 Å². The summed E-state index contributed by atoms with van der Waals surface area (Å²) in [5.41, 5.74) is 1.60. The van der Waals surface area contributed by atoms with Crippen LogP contribution in [0.3, 0.4) is 0 Å². The molecule has 2 aromatic carbocycles. The molecule has 2 rings (SSSR count). The number of hydrogen-bond acceptors (Lipinski definition) is 2. The van der Waals surface area contributed by atoms with Crippen LogP contribution in [-0.4, -0.2) is 12.0 Å². The van der Waals surface area contributed by atoms with Crippen molar-refractivity contribution in [3.05, 3.63) is 58.1 Å². The Balaban J connectivity index is 1.98. The van der Waals surface area contributed by atoms with Gasteiger partial charge in [0.05, 0.1) is 0 Å². The average molecular weight is 324 g/mol. The Labute approximate surface area is 133 Å². The molecule has 0 saturated heterocycles. The molecule has 0 heterocycles. The lowest BCUT2D eigenvalue weighted by atomic mass is 10.2. The van der Waals surface area contributed by atoms with Gasteiger partial charge in [-0.3, -0.25) is 4.79 Å². The minimum atomic E-state index is -0.633. The van der Waals surface area contributed by atoms with E-state index >= 15 is 0 Å². The lowest BCUT2D eigenvalue weighted by molar-refractivity contribution is -0.122. The summed E-state index contributed by atoms with van der Waals surface area (Å²) in [6, 6.07) is 12.2. The second-order valence-electron chi connectivity index (χ2n) is 4.67. The molecule has 1 unspecified atom stereocenters. The number of hydrogen-bond donors (Lipinski definition) is 1. The molecular weight excluding hydrogens is 309 g/mol. The first-order chi connectivity index (χ1) is 9.95. The van der Waals surface area contributed by atoms with Crippen LogP contribution in [0.5, 0.6) is 5.75 Å². The van der Waals surface area contributed by atoms with Crippen molar-refractivity contribution in [2.75, 3.05) is 5.32 Å². The minimum Gasteiger partial charge on any atom is -0.481 e. The second-order valence-corrected chi connectivity index (χ2v) is 5.51. The van der Waals surface area contributed by atoms with Crippen LogP contribution in [0.15, 0.2) is 42.5 Å². The number of halogens is 2. The van der Waals surface area contributed by atoms with Crippen molar-refractivity contribution >= 4 is 34.8 Å². The third kappa shape index (κ3) is 4.38. The number of ether oxygens (including phenoxy) is 1. The highest BCUT2D eigenvalue weighted by molar-refractivity contribution is 6.31. The molecule has 1 atom stereocenters. The van der Waals surface area contributed by atoms with Gasteiger partial charge in [0.1, 0.15) is 5.75 Å². The van der Waals surface area contributed by atoms with Crippen LogP contribution in [0.4, 0.5) is 5.69 Å². The summed E-state index contributed by atoms with van der Waals surface area (Å²) in [5.74, 6) is 0.342. The Bertz CT molecular complexity index is 641. The van der Waals surface area contributed by atoms with E-state index < -0.39 is 6.10 Å². The molecule has 0 aliphatic carbocycles. The van der Waals surface area contributed by atoms with Crippen LogP contribution < -0.4 is 10.1 Å². The number of benzene rings is 2. The largest absolute Gasteiger partial charge is 0.481 e. The topological polar surface area (TPSA) is 38.3 Å². The third-order valence-electron chi connectivity index (χ3n) is 2.94. The minimum absolute atomic E-state index is 0.245. The smallest absolute Gasteiger partial charge is 0.265 e. The van der Waals surface area contributed by atoms with Crippen LogP contribution in [-0.2, 0) is 4.79 Å². The van der Waals surface area contributed by atoms with Crippen LogP contribution in [0.1, 0.15) is 12.5 Å². The summed E-state index contributed by atoms with van der Waals surface area (Å²) in [5, 5.41) is 4.00. The van der Waals surface area contributed by atoms with Gasteiger partial charge in [0.2, 0.25) is 0 Å². The van der Waals surface area contributed by atoms with E-state index in [0.29, 0.717) is 21.5 Å². The first kappa shape index (κ1) is 15.7. The molecule has 0 radical (unpaired) electrons. The number of aryl methyl sites for hydroxylation is 1. The van der Waals surface area contributed by atoms with Gasteiger partial charge in [0, 0.05) is 15.7 Å². The van der Waals surface area contributed by atoms with Gasteiger partial charge in [0.25, 0.3) is 5.91 Å². The summed E-state index contributed by atoms with van der Waals surface area (Å²) in [6.07, 6.45) is -0.633. The molecule has 0 aliphatic heterocycles. The van der Waals surface area contributed by atoms with Crippen molar-refractivity contribution in [1.29, 1.82) is 0 Å². The van der Waals surface area contributed by atoms with E-state index in [-0.39, 0.29) is 5.91 Å². The number of anilines is 1. The van der Waals surface area contributed by atoms with Gasteiger partial charge in [-0.05, 0) is 55.8 Å². The molecule has 0 fully saturated rings. The van der Waals surface area contributed by atoms with Gasteiger partial charge in [-0.2, -0.15) is 0 Å². The highest BCUT2D eigenvalue weighted by atomic mass is 35.5. The highest BCUT2D eigenvalue weighted by Crippen LogP contribution is 2.21. The fourth-order valence-corrected chi connectivity index (χ4v) is 1.99. The van der Waals surface area contributed by atoms with E-state index in [4.69, 9.17) is 27.9 Å². The molecule has 0 saturated carbocycles. The average Bonchev–Trinajstić information content (AvgIpc) is 2.45. The molecule has 0 bridgehead atoms. The number of amides is 1. The maximum absolute atomic E-state index is 12.1. The first-order valence-corrected chi connectivity index (χ1v) is 7.20. The van der Waals surface area contributed by atoms with Crippen LogP contribution in [0, 0.1) is 6.92 Å². The van der Waals surface area contributed by atoms with Gasteiger partial charge >= 0.3 is 0 Å². The van der Waals surface area contributed by atoms with Gasteiger partial charge < -0.3 is 10.1 Å². The third-order valence-corrected chi connectivity index (χ3v) is 3.59. The zero-order valence-electron chi connectivity index (χ0n) is 11.7. The highest BCUT2D eigenvalue weighted by Gasteiger charge is 2.15. The number of carbonyl (C=O) groups is 1. The summed E-state index contributed by atoms with van der Waals surface area (Å²) < 4.78 is 5.55. The zero-order chi connectivity index (χ0) is 15.4. The quantitative estimate of drug-likeness (QED) is 0.885. The van der Waals surface area contributed by atoms with E-state index in [0.717, 1.165) is 5.56 Å². The Hall–Kier alpha value is -1.71. The molecule has 0 aliphatic rings. The predicted octanol–water partition coefficient (Wildman–Crippen LogP) is 4.71. The van der Waals surface area contributed by atoms with Crippen molar-refractivity contribution in [2.45, 2.75) is 20.0 Å². The normalized spacial score (nSPS) is 11.8. The molecule has 2 aromatic rings. The first-order valence-electron chi connectivity index (χ1n) is 6.45. The lowest BCUT2D eigenvalue weighted by Crippen LogP contribution is -2.30. The molecule has 1 N–H and O–H groups in total. The lowest BCUT2D eigenvalue weighted by Gasteiger charge is -2.15. The monoisotopic (exact) mass is 323 g/mol. The van der Waals surface area contributed by atoms with E-state index in [1.165, 1.54) is 0 Å². The Morgan fingerprint density at radius 2 is 1.81 bits per heavy atom. The Morgan fingerprint density at radius 3 is 2.43 bits per heavy atom. The molecule has 110 valence electrons. The summed E-state index contributed by atoms with van der Waals surface area (Å²) in [4.78, 5) is 12.1. The summed E-state index contributed by atoms with van der Waals surface area (Å²) in [7, 11) is 0. The number of rotatable bonds is 4.